The zero-order valence-electron chi connectivity index (χ0n) is 18.4. The Morgan fingerprint density at radius 2 is 1.87 bits per heavy atom. The molecular formula is C22H34ClN3O3S. The number of hydrogen-bond donors (Lipinski definition) is 1. The molecule has 2 saturated heterocycles. The van der Waals surface area contributed by atoms with Gasteiger partial charge in [-0.1, -0.05) is 58.2 Å². The first-order chi connectivity index (χ1) is 14.1. The Labute approximate surface area is 186 Å². The van der Waals surface area contributed by atoms with Crippen LogP contribution in [0.15, 0.2) is 29.2 Å². The lowest BCUT2D eigenvalue weighted by Crippen LogP contribution is -2.60. The van der Waals surface area contributed by atoms with E-state index in [0.717, 1.165) is 12.8 Å². The molecule has 1 N–H and O–H groups in total. The first-order valence-corrected chi connectivity index (χ1v) is 12.8. The van der Waals surface area contributed by atoms with Gasteiger partial charge in [-0.15, -0.1) is 0 Å². The highest BCUT2D eigenvalue weighted by Gasteiger charge is 2.53. The maximum Gasteiger partial charge on any atom is 0.243 e. The van der Waals surface area contributed by atoms with Gasteiger partial charge in [0, 0.05) is 24.7 Å². The number of rotatable bonds is 7. The molecule has 3 rings (SSSR count). The highest BCUT2D eigenvalue weighted by Crippen LogP contribution is 2.37. The first-order valence-electron chi connectivity index (χ1n) is 11.0. The zero-order valence-corrected chi connectivity index (χ0v) is 20.0. The summed E-state index contributed by atoms with van der Waals surface area (Å²) in [5.74, 6) is 0.803. The van der Waals surface area contributed by atoms with E-state index in [4.69, 9.17) is 11.6 Å². The van der Waals surface area contributed by atoms with Gasteiger partial charge < -0.3 is 4.90 Å². The fourth-order valence-electron chi connectivity index (χ4n) is 4.42. The molecule has 1 spiro atoms. The molecule has 0 bridgehead atoms. The van der Waals surface area contributed by atoms with E-state index in [1.165, 1.54) is 10.4 Å². The second-order valence-corrected chi connectivity index (χ2v) is 11.2. The monoisotopic (exact) mass is 455 g/mol. The highest BCUT2D eigenvalue weighted by atomic mass is 35.5. The van der Waals surface area contributed by atoms with Crippen LogP contribution in [0.4, 0.5) is 0 Å². The maximum atomic E-state index is 13.3. The summed E-state index contributed by atoms with van der Waals surface area (Å²) < 4.78 is 27.7. The van der Waals surface area contributed by atoms with Crippen molar-refractivity contribution in [3.63, 3.8) is 0 Å². The van der Waals surface area contributed by atoms with Gasteiger partial charge in [-0.25, -0.2) is 8.42 Å². The van der Waals surface area contributed by atoms with Crippen LogP contribution >= 0.6 is 11.6 Å². The van der Waals surface area contributed by atoms with Gasteiger partial charge in [0.25, 0.3) is 0 Å². The van der Waals surface area contributed by atoms with Crippen LogP contribution in [0.2, 0.25) is 5.02 Å². The van der Waals surface area contributed by atoms with Crippen molar-refractivity contribution in [2.45, 2.75) is 70.0 Å². The summed E-state index contributed by atoms with van der Waals surface area (Å²) in [4.78, 5) is 15.5. The van der Waals surface area contributed by atoms with Crippen LogP contribution in [0.1, 0.15) is 53.4 Å². The highest BCUT2D eigenvalue weighted by molar-refractivity contribution is 7.89. The van der Waals surface area contributed by atoms with Gasteiger partial charge in [0.2, 0.25) is 15.9 Å². The molecule has 1 aromatic rings. The quantitative estimate of drug-likeness (QED) is 0.680. The van der Waals surface area contributed by atoms with Crippen LogP contribution in [0.5, 0.6) is 0 Å². The van der Waals surface area contributed by atoms with Crippen LogP contribution in [0.25, 0.3) is 0 Å². The summed E-state index contributed by atoms with van der Waals surface area (Å²) in [5.41, 5.74) is -0.463. The fourth-order valence-corrected chi connectivity index (χ4v) is 6.16. The van der Waals surface area contributed by atoms with Crippen molar-refractivity contribution in [3.05, 3.63) is 29.3 Å². The molecular weight excluding hydrogens is 422 g/mol. The molecule has 2 heterocycles. The third kappa shape index (κ3) is 4.40. The topological polar surface area (TPSA) is 69.7 Å². The normalized spacial score (nSPS) is 24.4. The number of benzene rings is 1. The Hall–Kier alpha value is -1.15. The van der Waals surface area contributed by atoms with Gasteiger partial charge in [0.05, 0.1) is 16.6 Å². The van der Waals surface area contributed by atoms with E-state index in [2.05, 4.69) is 33.0 Å². The molecule has 6 nitrogen and oxygen atoms in total. The molecule has 168 valence electrons. The number of nitrogens with zero attached hydrogens (tertiary/aromatic N) is 2. The Morgan fingerprint density at radius 3 is 2.43 bits per heavy atom. The number of halogens is 1. The Morgan fingerprint density at radius 1 is 1.20 bits per heavy atom. The summed E-state index contributed by atoms with van der Waals surface area (Å²) in [6, 6.07) is 6.20. The van der Waals surface area contributed by atoms with E-state index in [0.29, 0.717) is 43.4 Å². The van der Waals surface area contributed by atoms with E-state index in [-0.39, 0.29) is 22.8 Å². The molecule has 8 heteroatoms. The maximum absolute atomic E-state index is 13.3. The predicted octanol–water partition coefficient (Wildman–Crippen LogP) is 3.71. The lowest BCUT2D eigenvalue weighted by molar-refractivity contribution is -0.134. The molecule has 30 heavy (non-hydrogen) atoms. The van der Waals surface area contributed by atoms with Crippen molar-refractivity contribution in [1.29, 1.82) is 0 Å². The third-order valence-electron chi connectivity index (χ3n) is 6.86. The standard InChI is InChI=1S/C22H34ClN3O3S/c1-5-16(3)15-26-21(27)20(17(4)6-2)24-22(26)10-12-25(13-11-22)30(28,29)19-9-7-8-18(23)14-19/h7-9,14,16-17,20,24H,5-6,10-13,15H2,1-4H3. The molecule has 0 aliphatic carbocycles. The van der Waals surface area contributed by atoms with Crippen LogP contribution in [-0.2, 0) is 14.8 Å². The van der Waals surface area contributed by atoms with Crippen molar-refractivity contribution < 1.29 is 13.2 Å². The molecule has 2 fully saturated rings. The molecule has 0 aromatic heterocycles. The lowest BCUT2D eigenvalue weighted by Gasteiger charge is -2.45. The van der Waals surface area contributed by atoms with Crippen molar-refractivity contribution in [3.8, 4) is 0 Å². The smallest absolute Gasteiger partial charge is 0.243 e. The van der Waals surface area contributed by atoms with E-state index in [1.54, 1.807) is 18.2 Å². The minimum Gasteiger partial charge on any atom is -0.323 e. The molecule has 1 amide bonds. The molecule has 2 aliphatic heterocycles. The van der Waals surface area contributed by atoms with Crippen LogP contribution in [0.3, 0.4) is 0 Å². The van der Waals surface area contributed by atoms with E-state index < -0.39 is 15.7 Å². The third-order valence-corrected chi connectivity index (χ3v) is 8.99. The Bertz CT molecular complexity index is 868. The fraction of sp³-hybridized carbons (Fsp3) is 0.682. The second kappa shape index (κ2) is 9.15. The van der Waals surface area contributed by atoms with Gasteiger partial charge in [-0.3, -0.25) is 10.1 Å². The van der Waals surface area contributed by atoms with Crippen molar-refractivity contribution >= 4 is 27.5 Å². The average Bonchev–Trinajstić information content (AvgIpc) is 2.99. The number of hydrogen-bond acceptors (Lipinski definition) is 4. The molecule has 3 unspecified atom stereocenters. The predicted molar refractivity (Wildman–Crippen MR) is 120 cm³/mol. The molecule has 0 radical (unpaired) electrons. The number of carbonyl (C=O) groups excluding carboxylic acids is 1. The van der Waals surface area contributed by atoms with Crippen LogP contribution in [0, 0.1) is 11.8 Å². The lowest BCUT2D eigenvalue weighted by atomic mass is 9.95. The molecule has 1 aromatic carbocycles. The molecule has 0 saturated carbocycles. The van der Waals surface area contributed by atoms with Gasteiger partial charge in [-0.2, -0.15) is 4.31 Å². The second-order valence-electron chi connectivity index (χ2n) is 8.86. The van der Waals surface area contributed by atoms with Crippen molar-refractivity contribution in [2.75, 3.05) is 19.6 Å². The van der Waals surface area contributed by atoms with Gasteiger partial charge in [-0.05, 0) is 42.9 Å². The summed E-state index contributed by atoms with van der Waals surface area (Å²) >= 11 is 6.01. The Balaban J connectivity index is 1.82. The van der Waals surface area contributed by atoms with E-state index >= 15 is 0 Å². The summed E-state index contributed by atoms with van der Waals surface area (Å²) in [5, 5.41) is 4.05. The molecule has 2 aliphatic rings. The van der Waals surface area contributed by atoms with Gasteiger partial charge in [0.1, 0.15) is 0 Å². The number of sulfonamides is 1. The molecule has 3 atom stereocenters. The number of carbonyl (C=O) groups is 1. The van der Waals surface area contributed by atoms with Crippen LogP contribution < -0.4 is 5.32 Å². The van der Waals surface area contributed by atoms with Gasteiger partial charge >= 0.3 is 0 Å². The zero-order chi connectivity index (χ0) is 22.1. The SMILES string of the molecule is CCC(C)CN1C(=O)C(C(C)CC)NC12CCN(S(=O)(=O)c1cccc(Cl)c1)CC2. The number of amides is 1. The summed E-state index contributed by atoms with van der Waals surface area (Å²) in [6.45, 7) is 9.96. The Kier molecular flexibility index (Phi) is 7.17. The van der Waals surface area contributed by atoms with Gasteiger partial charge in [0.15, 0.2) is 0 Å². The average molecular weight is 456 g/mol. The number of nitrogens with one attached hydrogen (secondary N) is 1. The summed E-state index contributed by atoms with van der Waals surface area (Å²) in [6.07, 6.45) is 3.10. The van der Waals surface area contributed by atoms with Crippen molar-refractivity contribution in [1.82, 2.24) is 14.5 Å². The largest absolute Gasteiger partial charge is 0.323 e. The van der Waals surface area contributed by atoms with E-state index in [1.807, 2.05) is 4.90 Å². The minimum atomic E-state index is -3.61. The van der Waals surface area contributed by atoms with E-state index in [9.17, 15) is 13.2 Å². The number of piperidine rings is 1. The van der Waals surface area contributed by atoms with Crippen LogP contribution in [-0.4, -0.2) is 54.9 Å². The van der Waals surface area contributed by atoms with Crippen molar-refractivity contribution in [2.24, 2.45) is 11.8 Å². The first kappa shape index (κ1) is 23.5. The minimum absolute atomic E-state index is 0.163. The summed E-state index contributed by atoms with van der Waals surface area (Å²) in [7, 11) is -3.61.